The Morgan fingerprint density at radius 1 is 0.522 bits per heavy atom. The number of aliphatic carboxylic acids is 1. The largest absolute Gasteiger partial charge is 0.481 e. The van der Waals surface area contributed by atoms with Crippen molar-refractivity contribution in [2.45, 2.75) is 219 Å². The Labute approximate surface area is 286 Å². The minimum Gasteiger partial charge on any atom is -0.481 e. The molecule has 0 amide bonds. The zero-order valence-electron chi connectivity index (χ0n) is 30.6. The molecule has 46 heavy (non-hydrogen) atoms. The Morgan fingerprint density at radius 3 is 1.41 bits per heavy atom. The molecule has 0 aromatic heterocycles. The molecule has 268 valence electrons. The summed E-state index contributed by atoms with van der Waals surface area (Å²) in [5.41, 5.74) is 0. The smallest absolute Gasteiger partial charge is 0.307 e. The van der Waals surface area contributed by atoms with Crippen LogP contribution >= 0.6 is 0 Å². The van der Waals surface area contributed by atoms with E-state index >= 15 is 0 Å². The molecular formula is C42H76O4. The lowest BCUT2D eigenvalue weighted by atomic mass is 10.0. The maximum Gasteiger partial charge on any atom is 0.307 e. The van der Waals surface area contributed by atoms with E-state index < -0.39 is 12.1 Å². The monoisotopic (exact) mass is 645 g/mol. The first-order chi connectivity index (χ1) is 22.6. The molecule has 0 aliphatic rings. The van der Waals surface area contributed by atoms with Crippen LogP contribution in [0.15, 0.2) is 36.5 Å². The highest BCUT2D eigenvalue weighted by atomic mass is 16.5. The fourth-order valence-electron chi connectivity index (χ4n) is 5.98. The van der Waals surface area contributed by atoms with Gasteiger partial charge in [0.2, 0.25) is 0 Å². The summed E-state index contributed by atoms with van der Waals surface area (Å²) in [4.78, 5) is 23.6. The van der Waals surface area contributed by atoms with E-state index in [2.05, 4.69) is 50.3 Å². The van der Waals surface area contributed by atoms with Crippen molar-refractivity contribution in [3.05, 3.63) is 36.5 Å². The van der Waals surface area contributed by atoms with Crippen LogP contribution in [0.3, 0.4) is 0 Å². The molecule has 0 heterocycles. The van der Waals surface area contributed by atoms with Gasteiger partial charge in [-0.1, -0.05) is 185 Å². The lowest BCUT2D eigenvalue weighted by Gasteiger charge is -2.16. The number of esters is 1. The third-order valence-corrected chi connectivity index (χ3v) is 8.86. The second-order valence-electron chi connectivity index (χ2n) is 13.5. The molecule has 0 aliphatic heterocycles. The van der Waals surface area contributed by atoms with Gasteiger partial charge in [-0.15, -0.1) is 0 Å². The molecule has 0 aromatic rings. The van der Waals surface area contributed by atoms with Crippen LogP contribution in [0.5, 0.6) is 0 Å². The van der Waals surface area contributed by atoms with E-state index in [0.717, 1.165) is 57.8 Å². The number of ether oxygens (including phenoxy) is 1. The first-order valence-electron chi connectivity index (χ1n) is 20.0. The van der Waals surface area contributed by atoms with Crippen molar-refractivity contribution in [3.8, 4) is 0 Å². The third kappa shape index (κ3) is 36.6. The number of hydrogen-bond acceptors (Lipinski definition) is 3. The van der Waals surface area contributed by atoms with Gasteiger partial charge in [-0.2, -0.15) is 0 Å². The molecule has 0 radical (unpaired) electrons. The SMILES string of the molecule is CC/C=C\C/C=C\C/C=C\CCCCCCCC(=O)OC(CCCCCCCCCCCCCCCCCCCCC)CC(=O)O. The van der Waals surface area contributed by atoms with E-state index in [4.69, 9.17) is 4.74 Å². The fraction of sp³-hybridized carbons (Fsp3) is 0.810. The van der Waals surface area contributed by atoms with Crippen LogP contribution in [0.1, 0.15) is 213 Å². The highest BCUT2D eigenvalue weighted by Crippen LogP contribution is 2.17. The molecule has 1 atom stereocenters. The molecule has 1 unspecified atom stereocenters. The average molecular weight is 645 g/mol. The van der Waals surface area contributed by atoms with Crippen LogP contribution in [-0.4, -0.2) is 23.1 Å². The summed E-state index contributed by atoms with van der Waals surface area (Å²) < 4.78 is 5.58. The number of carboxylic acid groups (broad SMARTS) is 1. The van der Waals surface area contributed by atoms with Crippen molar-refractivity contribution < 1.29 is 19.4 Å². The molecule has 4 heteroatoms. The highest BCUT2D eigenvalue weighted by Gasteiger charge is 2.17. The Bertz CT molecular complexity index is 738. The number of carbonyl (C=O) groups excluding carboxylic acids is 1. The van der Waals surface area contributed by atoms with E-state index in [1.807, 2.05) is 0 Å². The van der Waals surface area contributed by atoms with E-state index in [0.29, 0.717) is 12.8 Å². The first-order valence-corrected chi connectivity index (χ1v) is 20.0. The van der Waals surface area contributed by atoms with Gasteiger partial charge in [-0.05, 0) is 51.4 Å². The molecule has 4 nitrogen and oxygen atoms in total. The normalized spacial score (nSPS) is 12.6. The quantitative estimate of drug-likeness (QED) is 0.0419. The number of carbonyl (C=O) groups is 2. The minimum absolute atomic E-state index is 0.0794. The predicted molar refractivity (Wildman–Crippen MR) is 199 cm³/mol. The van der Waals surface area contributed by atoms with Gasteiger partial charge in [0, 0.05) is 6.42 Å². The Morgan fingerprint density at radius 2 is 0.935 bits per heavy atom. The van der Waals surface area contributed by atoms with Crippen LogP contribution in [-0.2, 0) is 14.3 Å². The van der Waals surface area contributed by atoms with Crippen LogP contribution < -0.4 is 0 Å². The van der Waals surface area contributed by atoms with Gasteiger partial charge >= 0.3 is 11.9 Å². The van der Waals surface area contributed by atoms with Crippen LogP contribution in [0, 0.1) is 0 Å². The van der Waals surface area contributed by atoms with E-state index in [1.165, 1.54) is 122 Å². The zero-order valence-corrected chi connectivity index (χ0v) is 30.6. The maximum atomic E-state index is 12.3. The summed E-state index contributed by atoms with van der Waals surface area (Å²) in [5, 5.41) is 9.27. The maximum absolute atomic E-state index is 12.3. The van der Waals surface area contributed by atoms with Crippen molar-refractivity contribution in [3.63, 3.8) is 0 Å². The third-order valence-electron chi connectivity index (χ3n) is 8.86. The van der Waals surface area contributed by atoms with E-state index in [9.17, 15) is 14.7 Å². The van der Waals surface area contributed by atoms with Crippen molar-refractivity contribution in [1.29, 1.82) is 0 Å². The molecule has 0 aromatic carbocycles. The van der Waals surface area contributed by atoms with Crippen molar-refractivity contribution in [2.24, 2.45) is 0 Å². The van der Waals surface area contributed by atoms with Gasteiger partial charge in [-0.25, -0.2) is 0 Å². The molecule has 0 bridgehead atoms. The molecule has 0 saturated carbocycles. The summed E-state index contributed by atoms with van der Waals surface area (Å²) in [6, 6.07) is 0. The fourth-order valence-corrected chi connectivity index (χ4v) is 5.98. The predicted octanol–water partition coefficient (Wildman–Crippen LogP) is 13.8. The second-order valence-corrected chi connectivity index (χ2v) is 13.5. The van der Waals surface area contributed by atoms with E-state index in [-0.39, 0.29) is 12.4 Å². The van der Waals surface area contributed by atoms with Gasteiger partial charge in [0.1, 0.15) is 6.10 Å². The Kier molecular flexibility index (Phi) is 36.1. The molecule has 0 aliphatic carbocycles. The summed E-state index contributed by atoms with van der Waals surface area (Å²) in [5.74, 6) is -1.12. The van der Waals surface area contributed by atoms with Crippen molar-refractivity contribution in [1.82, 2.24) is 0 Å². The Hall–Kier alpha value is -1.84. The number of carboxylic acids is 1. The Balaban J connectivity index is 3.64. The molecule has 0 rings (SSSR count). The van der Waals surface area contributed by atoms with E-state index in [1.54, 1.807) is 0 Å². The molecule has 0 spiro atoms. The molecular weight excluding hydrogens is 568 g/mol. The second kappa shape index (κ2) is 37.6. The molecule has 0 saturated heterocycles. The standard InChI is InChI=1S/C42H76O4/c1-3-5-7-9-11-13-15-17-19-20-21-22-24-25-27-29-31-33-35-37-40(39-41(43)44)46-42(45)38-36-34-32-30-28-26-23-18-16-14-12-10-8-6-4-2/h6,8,12,14,18,23,40H,3-5,7,9-11,13,15-17,19-22,24-39H2,1-2H3,(H,43,44)/b8-6-,14-12-,23-18-. The average Bonchev–Trinajstić information content (AvgIpc) is 3.03. The number of hydrogen-bond donors (Lipinski definition) is 1. The summed E-state index contributed by atoms with van der Waals surface area (Å²) in [6.07, 6.45) is 48.9. The van der Waals surface area contributed by atoms with Crippen LogP contribution in [0.25, 0.3) is 0 Å². The van der Waals surface area contributed by atoms with Gasteiger partial charge in [-0.3, -0.25) is 9.59 Å². The van der Waals surface area contributed by atoms with Gasteiger partial charge in [0.25, 0.3) is 0 Å². The number of rotatable bonds is 36. The summed E-state index contributed by atoms with van der Waals surface area (Å²) in [6.45, 7) is 4.44. The van der Waals surface area contributed by atoms with Crippen LogP contribution in [0.4, 0.5) is 0 Å². The van der Waals surface area contributed by atoms with Crippen LogP contribution in [0.2, 0.25) is 0 Å². The molecule has 1 N–H and O–H groups in total. The topological polar surface area (TPSA) is 63.6 Å². The van der Waals surface area contributed by atoms with Crippen molar-refractivity contribution >= 4 is 11.9 Å². The number of unbranched alkanes of at least 4 members (excludes halogenated alkanes) is 23. The minimum atomic E-state index is -0.884. The first kappa shape index (κ1) is 44.2. The lowest BCUT2D eigenvalue weighted by molar-refractivity contribution is -0.153. The van der Waals surface area contributed by atoms with Crippen molar-refractivity contribution in [2.75, 3.05) is 0 Å². The zero-order chi connectivity index (χ0) is 33.6. The van der Waals surface area contributed by atoms with Gasteiger partial charge < -0.3 is 9.84 Å². The summed E-state index contributed by atoms with van der Waals surface area (Å²) >= 11 is 0. The van der Waals surface area contributed by atoms with Gasteiger partial charge in [0.05, 0.1) is 6.42 Å². The van der Waals surface area contributed by atoms with Gasteiger partial charge in [0.15, 0.2) is 0 Å². The number of allylic oxidation sites excluding steroid dienone is 6. The summed E-state index contributed by atoms with van der Waals surface area (Å²) in [7, 11) is 0. The molecule has 0 fully saturated rings. The highest BCUT2D eigenvalue weighted by molar-refractivity contribution is 5.71. The lowest BCUT2D eigenvalue weighted by Crippen LogP contribution is -2.21.